The first-order valence-corrected chi connectivity index (χ1v) is 7.99. The number of aromatic nitrogens is 4. The number of carboxylic acids is 1. The van der Waals surface area contributed by atoms with E-state index in [1.54, 1.807) is 0 Å². The van der Waals surface area contributed by atoms with Crippen LogP contribution in [0.15, 0.2) is 5.16 Å². The topological polar surface area (TPSA) is 72.9 Å². The fraction of sp³-hybridized carbons (Fsp3) is 0.643. The van der Waals surface area contributed by atoms with Crippen molar-refractivity contribution in [2.45, 2.75) is 52.9 Å². The van der Waals surface area contributed by atoms with Crippen molar-refractivity contribution in [3.05, 3.63) is 5.69 Å². The molecule has 0 radical (unpaired) electrons. The van der Waals surface area contributed by atoms with Crippen molar-refractivity contribution >= 4 is 28.9 Å². The summed E-state index contributed by atoms with van der Waals surface area (Å²) in [7, 11) is 0. The van der Waals surface area contributed by atoms with Gasteiger partial charge in [-0.05, 0) is 19.3 Å². The van der Waals surface area contributed by atoms with Gasteiger partial charge < -0.3 is 9.67 Å². The van der Waals surface area contributed by atoms with Crippen LogP contribution in [0.5, 0.6) is 0 Å². The molecule has 2 aromatic heterocycles. The molecule has 0 saturated heterocycles. The maximum absolute atomic E-state index is 10.8. The van der Waals surface area contributed by atoms with E-state index in [1.165, 1.54) is 11.8 Å². The lowest BCUT2D eigenvalue weighted by Gasteiger charge is -2.21. The maximum atomic E-state index is 10.8. The van der Waals surface area contributed by atoms with Crippen molar-refractivity contribution in [3.8, 4) is 0 Å². The number of carbonyl (C=O) groups is 1. The van der Waals surface area contributed by atoms with Gasteiger partial charge in [-0.1, -0.05) is 32.5 Å². The molecule has 0 aromatic carbocycles. The number of thioether (sulfide) groups is 1. The van der Waals surface area contributed by atoms with Crippen molar-refractivity contribution in [2.24, 2.45) is 5.41 Å². The number of aliphatic carboxylic acids is 1. The Bertz CT molecular complexity index is 667. The van der Waals surface area contributed by atoms with Gasteiger partial charge in [-0.2, -0.15) is 5.10 Å². The molecule has 0 atom stereocenters. The Morgan fingerprint density at radius 2 is 2.05 bits per heavy atom. The molecule has 0 spiro atoms. The van der Waals surface area contributed by atoms with E-state index in [9.17, 15) is 4.79 Å². The summed E-state index contributed by atoms with van der Waals surface area (Å²) in [5, 5.41) is 14.2. The van der Waals surface area contributed by atoms with Crippen molar-refractivity contribution in [1.82, 2.24) is 19.3 Å². The fourth-order valence-corrected chi connectivity index (χ4v) is 2.99. The molecule has 21 heavy (non-hydrogen) atoms. The van der Waals surface area contributed by atoms with Crippen molar-refractivity contribution in [2.75, 3.05) is 5.75 Å². The smallest absolute Gasteiger partial charge is 0.313 e. The molecule has 0 aliphatic carbocycles. The quantitative estimate of drug-likeness (QED) is 0.860. The highest BCUT2D eigenvalue weighted by molar-refractivity contribution is 7.99. The summed E-state index contributed by atoms with van der Waals surface area (Å²) in [5.41, 5.74) is 2.81. The van der Waals surface area contributed by atoms with Crippen LogP contribution in [0.25, 0.3) is 11.2 Å². The van der Waals surface area contributed by atoms with Gasteiger partial charge in [0.2, 0.25) is 0 Å². The highest BCUT2D eigenvalue weighted by Gasteiger charge is 2.22. The second-order valence-corrected chi connectivity index (χ2v) is 7.24. The summed E-state index contributed by atoms with van der Waals surface area (Å²) in [6.45, 7) is 12.0. The summed E-state index contributed by atoms with van der Waals surface area (Å²) in [5.74, 6) is -0.814. The zero-order valence-corrected chi connectivity index (χ0v) is 14.0. The van der Waals surface area contributed by atoms with Crippen LogP contribution in [0.1, 0.15) is 33.4 Å². The van der Waals surface area contributed by atoms with E-state index in [2.05, 4.69) is 35.4 Å². The number of imidazole rings is 1. The summed E-state index contributed by atoms with van der Waals surface area (Å²) in [6, 6.07) is 0. The molecule has 0 aliphatic rings. The number of hydrogen-bond donors (Lipinski definition) is 1. The Balaban J connectivity index is 2.55. The third-order valence-corrected chi connectivity index (χ3v) is 3.98. The minimum Gasteiger partial charge on any atom is -0.481 e. The Morgan fingerprint density at radius 3 is 2.57 bits per heavy atom. The van der Waals surface area contributed by atoms with Gasteiger partial charge in [0.25, 0.3) is 0 Å². The molecule has 2 rings (SSSR count). The molecule has 0 aliphatic heterocycles. The van der Waals surface area contributed by atoms with E-state index in [4.69, 9.17) is 5.11 Å². The first-order valence-electron chi connectivity index (χ1n) is 7.01. The van der Waals surface area contributed by atoms with Gasteiger partial charge in [0, 0.05) is 13.1 Å². The first kappa shape index (κ1) is 15.9. The zero-order valence-electron chi connectivity index (χ0n) is 13.2. The monoisotopic (exact) mass is 310 g/mol. The predicted octanol–water partition coefficient (Wildman–Crippen LogP) is 2.78. The lowest BCUT2D eigenvalue weighted by molar-refractivity contribution is -0.133. The van der Waals surface area contributed by atoms with Gasteiger partial charge in [0.15, 0.2) is 10.8 Å². The van der Waals surface area contributed by atoms with Crippen LogP contribution in [0.4, 0.5) is 0 Å². The molecule has 2 heterocycles. The molecule has 0 amide bonds. The molecular weight excluding hydrogens is 288 g/mol. The van der Waals surface area contributed by atoms with Crippen LogP contribution in [0.3, 0.4) is 0 Å². The van der Waals surface area contributed by atoms with Gasteiger partial charge in [0.05, 0.1) is 11.4 Å². The average molecular weight is 310 g/mol. The zero-order chi connectivity index (χ0) is 15.8. The van der Waals surface area contributed by atoms with Crippen molar-refractivity contribution in [3.63, 3.8) is 0 Å². The van der Waals surface area contributed by atoms with Gasteiger partial charge >= 0.3 is 5.97 Å². The molecule has 0 saturated carbocycles. The van der Waals surface area contributed by atoms with Crippen LogP contribution < -0.4 is 0 Å². The second kappa shape index (κ2) is 5.71. The highest BCUT2D eigenvalue weighted by atomic mass is 32.2. The van der Waals surface area contributed by atoms with E-state index in [0.29, 0.717) is 0 Å². The van der Waals surface area contributed by atoms with Crippen LogP contribution in [0.2, 0.25) is 0 Å². The Hall–Kier alpha value is -1.50. The number of carboxylic acid groups (broad SMARTS) is 1. The fourth-order valence-electron chi connectivity index (χ4n) is 2.28. The van der Waals surface area contributed by atoms with Crippen LogP contribution in [0, 0.1) is 12.3 Å². The second-order valence-electron chi connectivity index (χ2n) is 6.30. The molecule has 0 unspecified atom stereocenters. The summed E-state index contributed by atoms with van der Waals surface area (Å²) in [6.07, 6.45) is 0. The minimum atomic E-state index is -0.830. The summed E-state index contributed by atoms with van der Waals surface area (Å²) in [4.78, 5) is 15.5. The van der Waals surface area contributed by atoms with Gasteiger partial charge in [-0.15, -0.1) is 0 Å². The number of aryl methyl sites for hydroxylation is 2. The molecule has 2 aromatic rings. The number of hydrogen-bond acceptors (Lipinski definition) is 4. The SMILES string of the molecule is CCn1nc(C)c2nc(SCC(=O)O)n(CC(C)(C)C)c21. The molecule has 0 fully saturated rings. The standard InChI is InChI=1S/C14H22N4O2S/c1-6-18-12-11(9(2)16-18)15-13(21-7-10(19)20)17(12)8-14(3,4)5/h6-8H2,1-5H3,(H,19,20). The van der Waals surface area contributed by atoms with E-state index in [0.717, 1.165) is 35.1 Å². The molecule has 1 N–H and O–H groups in total. The number of rotatable bonds is 5. The van der Waals surface area contributed by atoms with Gasteiger partial charge in [0.1, 0.15) is 5.52 Å². The summed E-state index contributed by atoms with van der Waals surface area (Å²) < 4.78 is 4.04. The van der Waals surface area contributed by atoms with Crippen LogP contribution in [-0.4, -0.2) is 36.2 Å². The highest BCUT2D eigenvalue weighted by Crippen LogP contribution is 2.29. The largest absolute Gasteiger partial charge is 0.481 e. The maximum Gasteiger partial charge on any atom is 0.313 e. The van der Waals surface area contributed by atoms with Crippen LogP contribution >= 0.6 is 11.8 Å². The van der Waals surface area contributed by atoms with E-state index >= 15 is 0 Å². The molecule has 6 nitrogen and oxygen atoms in total. The minimum absolute atomic E-state index is 0.0162. The van der Waals surface area contributed by atoms with E-state index in [1.807, 2.05) is 18.5 Å². The normalized spacial score (nSPS) is 12.2. The number of nitrogens with zero attached hydrogens (tertiary/aromatic N) is 4. The third-order valence-electron chi connectivity index (χ3n) is 3.02. The lowest BCUT2D eigenvalue weighted by Crippen LogP contribution is -2.18. The Labute approximate surface area is 128 Å². The van der Waals surface area contributed by atoms with Crippen molar-refractivity contribution in [1.29, 1.82) is 0 Å². The first-order chi connectivity index (χ1) is 9.73. The van der Waals surface area contributed by atoms with E-state index < -0.39 is 5.97 Å². The van der Waals surface area contributed by atoms with Crippen molar-refractivity contribution < 1.29 is 9.90 Å². The van der Waals surface area contributed by atoms with Gasteiger partial charge in [-0.25, -0.2) is 9.67 Å². The van der Waals surface area contributed by atoms with E-state index in [-0.39, 0.29) is 11.2 Å². The Kier molecular flexibility index (Phi) is 4.32. The lowest BCUT2D eigenvalue weighted by atomic mass is 9.97. The molecule has 116 valence electrons. The Morgan fingerprint density at radius 1 is 1.38 bits per heavy atom. The summed E-state index contributed by atoms with van der Waals surface area (Å²) >= 11 is 1.27. The number of fused-ring (bicyclic) bond motifs is 1. The molecular formula is C14H22N4O2S. The third kappa shape index (κ3) is 3.40. The molecule has 7 heteroatoms. The van der Waals surface area contributed by atoms with Crippen LogP contribution in [-0.2, 0) is 17.9 Å². The molecule has 0 bridgehead atoms. The predicted molar refractivity (Wildman–Crippen MR) is 83.7 cm³/mol. The van der Waals surface area contributed by atoms with Gasteiger partial charge in [-0.3, -0.25) is 4.79 Å². The average Bonchev–Trinajstić information content (AvgIpc) is 2.84.